The van der Waals surface area contributed by atoms with Gasteiger partial charge in [-0.3, -0.25) is 14.9 Å². The van der Waals surface area contributed by atoms with Gasteiger partial charge in [0.05, 0.1) is 12.5 Å². The summed E-state index contributed by atoms with van der Waals surface area (Å²) < 4.78 is 16.2. The first-order chi connectivity index (χ1) is 13.6. The van der Waals surface area contributed by atoms with Gasteiger partial charge in [-0.05, 0) is 36.4 Å². The van der Waals surface area contributed by atoms with E-state index in [0.717, 1.165) is 0 Å². The standard InChI is InChI=1S/C20H14N2O5S/c1-25-14-6-7-15-16(10-14)26-11-17(18(15)23)27-13-4-2-12(3-5-13)19(24)22-20-21-8-9-28-20/h2-11H,1H3,(H,21,22,24). The van der Waals surface area contributed by atoms with Crippen LogP contribution in [-0.2, 0) is 0 Å². The lowest BCUT2D eigenvalue weighted by atomic mass is 10.2. The number of hydrogen-bond acceptors (Lipinski definition) is 7. The molecule has 0 spiro atoms. The minimum Gasteiger partial charge on any atom is -0.497 e. The smallest absolute Gasteiger partial charge is 0.257 e. The number of carbonyl (C=O) groups is 1. The van der Waals surface area contributed by atoms with Crippen molar-refractivity contribution in [3.05, 3.63) is 76.1 Å². The van der Waals surface area contributed by atoms with Crippen molar-refractivity contribution in [1.82, 2.24) is 4.98 Å². The lowest BCUT2D eigenvalue weighted by molar-refractivity contribution is 0.102. The van der Waals surface area contributed by atoms with Gasteiger partial charge in [0.15, 0.2) is 5.13 Å². The van der Waals surface area contributed by atoms with Crippen LogP contribution < -0.4 is 20.2 Å². The molecule has 0 aliphatic carbocycles. The Bertz CT molecular complexity index is 1180. The van der Waals surface area contributed by atoms with Gasteiger partial charge in [0.1, 0.15) is 23.3 Å². The summed E-state index contributed by atoms with van der Waals surface area (Å²) in [6.45, 7) is 0. The second-order valence-electron chi connectivity index (χ2n) is 5.71. The predicted molar refractivity (Wildman–Crippen MR) is 106 cm³/mol. The Balaban J connectivity index is 1.53. The summed E-state index contributed by atoms with van der Waals surface area (Å²) in [7, 11) is 1.54. The summed E-state index contributed by atoms with van der Waals surface area (Å²) in [6, 6.07) is 11.4. The summed E-state index contributed by atoms with van der Waals surface area (Å²) in [4.78, 5) is 28.8. The summed E-state index contributed by atoms with van der Waals surface area (Å²) in [5.41, 5.74) is 0.556. The minimum atomic E-state index is -0.297. The SMILES string of the molecule is COc1ccc2c(=O)c(Oc3ccc(C(=O)Nc4nccs4)cc3)coc2c1. The Morgan fingerprint density at radius 2 is 1.93 bits per heavy atom. The molecule has 0 aliphatic heterocycles. The molecule has 2 aromatic carbocycles. The third kappa shape index (κ3) is 3.58. The Hall–Kier alpha value is -3.65. The van der Waals surface area contributed by atoms with Crippen LogP contribution in [0.3, 0.4) is 0 Å². The number of methoxy groups -OCH3 is 1. The molecule has 140 valence electrons. The molecule has 2 aromatic heterocycles. The highest BCUT2D eigenvalue weighted by Gasteiger charge is 2.11. The van der Waals surface area contributed by atoms with Crippen LogP contribution in [0.2, 0.25) is 0 Å². The third-order valence-corrected chi connectivity index (χ3v) is 4.64. The summed E-state index contributed by atoms with van der Waals surface area (Å²) in [5, 5.41) is 5.38. The number of rotatable bonds is 5. The number of fused-ring (bicyclic) bond motifs is 1. The zero-order valence-corrected chi connectivity index (χ0v) is 15.5. The molecule has 7 nitrogen and oxygen atoms in total. The van der Waals surface area contributed by atoms with Gasteiger partial charge >= 0.3 is 0 Å². The zero-order chi connectivity index (χ0) is 19.5. The Morgan fingerprint density at radius 1 is 1.14 bits per heavy atom. The molecular weight excluding hydrogens is 380 g/mol. The van der Waals surface area contributed by atoms with Crippen molar-refractivity contribution >= 4 is 33.3 Å². The molecule has 1 amide bonds. The fourth-order valence-electron chi connectivity index (χ4n) is 2.54. The highest BCUT2D eigenvalue weighted by atomic mass is 32.1. The second-order valence-corrected chi connectivity index (χ2v) is 6.60. The van der Waals surface area contributed by atoms with Gasteiger partial charge in [-0.2, -0.15) is 0 Å². The molecule has 0 aliphatic rings. The van der Waals surface area contributed by atoms with Gasteiger partial charge in [0.25, 0.3) is 5.91 Å². The van der Waals surface area contributed by atoms with E-state index in [4.69, 9.17) is 13.9 Å². The van der Waals surface area contributed by atoms with Crippen molar-refractivity contribution in [2.75, 3.05) is 12.4 Å². The maximum Gasteiger partial charge on any atom is 0.257 e. The molecule has 4 aromatic rings. The van der Waals surface area contributed by atoms with Crippen molar-refractivity contribution in [2.45, 2.75) is 0 Å². The normalized spacial score (nSPS) is 10.6. The van der Waals surface area contributed by atoms with Gasteiger partial charge < -0.3 is 13.9 Å². The molecule has 0 fully saturated rings. The summed E-state index contributed by atoms with van der Waals surface area (Å²) in [5.74, 6) is 0.778. The van der Waals surface area contributed by atoms with Crippen LogP contribution in [0.15, 0.2) is 69.5 Å². The first-order valence-corrected chi connectivity index (χ1v) is 9.10. The topological polar surface area (TPSA) is 90.7 Å². The molecule has 28 heavy (non-hydrogen) atoms. The molecule has 0 bridgehead atoms. The van der Waals surface area contributed by atoms with Crippen LogP contribution >= 0.6 is 11.3 Å². The number of anilines is 1. The maximum absolute atomic E-state index is 12.6. The first kappa shape index (κ1) is 17.7. The molecule has 4 rings (SSSR count). The van der Waals surface area contributed by atoms with Crippen LogP contribution in [0.1, 0.15) is 10.4 Å². The van der Waals surface area contributed by atoms with E-state index < -0.39 is 0 Å². The van der Waals surface area contributed by atoms with Crippen molar-refractivity contribution in [3.63, 3.8) is 0 Å². The second kappa shape index (κ2) is 7.53. The number of ether oxygens (including phenoxy) is 2. The summed E-state index contributed by atoms with van der Waals surface area (Å²) >= 11 is 1.33. The Kier molecular flexibility index (Phi) is 4.77. The highest BCUT2D eigenvalue weighted by Crippen LogP contribution is 2.24. The van der Waals surface area contributed by atoms with E-state index in [1.54, 1.807) is 54.0 Å². The van der Waals surface area contributed by atoms with Crippen LogP contribution in [0, 0.1) is 0 Å². The molecule has 2 heterocycles. The Labute approximate surface area is 163 Å². The third-order valence-electron chi connectivity index (χ3n) is 3.95. The minimum absolute atomic E-state index is 0.0534. The average molecular weight is 394 g/mol. The van der Waals surface area contributed by atoms with Crippen LogP contribution in [0.25, 0.3) is 11.0 Å². The molecule has 0 atom stereocenters. The van der Waals surface area contributed by atoms with Gasteiger partial charge in [-0.25, -0.2) is 4.98 Å². The molecule has 0 unspecified atom stereocenters. The number of hydrogen-bond donors (Lipinski definition) is 1. The van der Waals surface area contributed by atoms with Crippen LogP contribution in [-0.4, -0.2) is 18.0 Å². The quantitative estimate of drug-likeness (QED) is 0.543. The number of amides is 1. The average Bonchev–Trinajstić information content (AvgIpc) is 3.23. The lowest BCUT2D eigenvalue weighted by Gasteiger charge is -2.07. The number of benzene rings is 2. The number of nitrogens with one attached hydrogen (secondary N) is 1. The number of thiazole rings is 1. The Morgan fingerprint density at radius 3 is 2.64 bits per heavy atom. The fourth-order valence-corrected chi connectivity index (χ4v) is 3.07. The van der Waals surface area contributed by atoms with E-state index in [9.17, 15) is 9.59 Å². The predicted octanol–water partition coefficient (Wildman–Crippen LogP) is 4.30. The number of carbonyl (C=O) groups excluding carboxylic acids is 1. The van der Waals surface area contributed by atoms with E-state index >= 15 is 0 Å². The van der Waals surface area contributed by atoms with Gasteiger partial charge in [-0.15, -0.1) is 11.3 Å². The van der Waals surface area contributed by atoms with Crippen molar-refractivity contribution in [2.24, 2.45) is 0 Å². The van der Waals surface area contributed by atoms with Gasteiger partial charge in [-0.1, -0.05) is 0 Å². The molecule has 0 saturated heterocycles. The monoisotopic (exact) mass is 394 g/mol. The first-order valence-electron chi connectivity index (χ1n) is 8.22. The van der Waals surface area contributed by atoms with Crippen LogP contribution in [0.5, 0.6) is 17.2 Å². The fraction of sp³-hybridized carbons (Fsp3) is 0.0500. The molecule has 1 N–H and O–H groups in total. The summed E-state index contributed by atoms with van der Waals surface area (Å²) in [6.07, 6.45) is 2.87. The van der Waals surface area contributed by atoms with E-state index in [1.165, 1.54) is 24.7 Å². The highest BCUT2D eigenvalue weighted by molar-refractivity contribution is 7.13. The van der Waals surface area contributed by atoms with E-state index in [1.807, 2.05) is 0 Å². The van der Waals surface area contributed by atoms with E-state index in [0.29, 0.717) is 33.2 Å². The molecule has 0 radical (unpaired) electrons. The molecule has 0 saturated carbocycles. The van der Waals surface area contributed by atoms with Crippen molar-refractivity contribution in [1.29, 1.82) is 0 Å². The van der Waals surface area contributed by atoms with Gasteiger partial charge in [0, 0.05) is 23.2 Å². The lowest BCUT2D eigenvalue weighted by Crippen LogP contribution is -2.11. The number of aromatic nitrogens is 1. The van der Waals surface area contributed by atoms with E-state index in [-0.39, 0.29) is 17.1 Å². The van der Waals surface area contributed by atoms with Crippen molar-refractivity contribution < 1.29 is 18.7 Å². The zero-order valence-electron chi connectivity index (χ0n) is 14.7. The van der Waals surface area contributed by atoms with Crippen molar-refractivity contribution in [3.8, 4) is 17.2 Å². The number of nitrogens with zero attached hydrogens (tertiary/aromatic N) is 1. The largest absolute Gasteiger partial charge is 0.497 e. The maximum atomic E-state index is 12.6. The molecular formula is C20H14N2O5S. The van der Waals surface area contributed by atoms with Crippen LogP contribution in [0.4, 0.5) is 5.13 Å². The van der Waals surface area contributed by atoms with E-state index in [2.05, 4.69) is 10.3 Å². The molecule has 8 heteroatoms. The van der Waals surface area contributed by atoms with Gasteiger partial charge in [0.2, 0.25) is 11.2 Å².